The minimum atomic E-state index is -1.40. The molecule has 1 heterocycles. The Hall–Kier alpha value is -1.23. The summed E-state index contributed by atoms with van der Waals surface area (Å²) in [5, 5.41) is 18.1. The van der Waals surface area contributed by atoms with Crippen molar-refractivity contribution in [2.24, 2.45) is 4.99 Å². The number of hydrogen-bond donors (Lipinski definition) is 3. The number of amides is 1. The molecule has 1 atom stereocenters. The fourth-order valence-corrected chi connectivity index (χ4v) is 0.641. The number of hydrogen-bond acceptors (Lipinski definition) is 3. The number of carbonyl (C=O) groups excluding carboxylic acids is 1. The molecule has 5 heteroatoms. The van der Waals surface area contributed by atoms with Crippen LogP contribution in [0.1, 0.15) is 6.92 Å². The van der Waals surface area contributed by atoms with Crippen molar-refractivity contribution in [3.63, 3.8) is 0 Å². The van der Waals surface area contributed by atoms with Crippen molar-refractivity contribution in [1.82, 2.24) is 5.32 Å². The van der Waals surface area contributed by atoms with Gasteiger partial charge in [0, 0.05) is 0 Å². The molecule has 1 amide bonds. The molecule has 0 saturated heterocycles. The third-order valence-electron chi connectivity index (χ3n) is 1.10. The van der Waals surface area contributed by atoms with Crippen molar-refractivity contribution in [3.05, 3.63) is 0 Å². The van der Waals surface area contributed by atoms with Gasteiger partial charge in [-0.1, -0.05) is 0 Å². The van der Waals surface area contributed by atoms with Crippen LogP contribution in [0.2, 0.25) is 0 Å². The predicted molar refractivity (Wildman–Crippen MR) is 35.0 cm³/mol. The molecular formula is C5H7N3O2. The Morgan fingerprint density at radius 2 is 2.40 bits per heavy atom. The van der Waals surface area contributed by atoms with Crippen LogP contribution in [0.4, 0.5) is 0 Å². The van der Waals surface area contributed by atoms with Crippen LogP contribution in [0, 0.1) is 5.41 Å². The molecular weight excluding hydrogens is 134 g/mol. The molecule has 1 aliphatic rings. The van der Waals surface area contributed by atoms with Crippen molar-refractivity contribution in [2.45, 2.75) is 13.0 Å². The third-order valence-corrected chi connectivity index (χ3v) is 1.10. The first-order chi connectivity index (χ1) is 4.61. The van der Waals surface area contributed by atoms with Gasteiger partial charge in [-0.2, -0.15) is 0 Å². The number of amidine groups is 2. The van der Waals surface area contributed by atoms with Crippen molar-refractivity contribution >= 4 is 17.6 Å². The Bertz CT molecular complexity index is 221. The van der Waals surface area contributed by atoms with Gasteiger partial charge in [0.1, 0.15) is 5.84 Å². The van der Waals surface area contributed by atoms with Crippen LogP contribution in [-0.4, -0.2) is 28.8 Å². The van der Waals surface area contributed by atoms with Crippen LogP contribution in [0.5, 0.6) is 0 Å². The van der Waals surface area contributed by atoms with Gasteiger partial charge < -0.3 is 10.4 Å². The Kier molecular flexibility index (Phi) is 1.50. The summed E-state index contributed by atoms with van der Waals surface area (Å²) in [6, 6.07) is 0. The van der Waals surface area contributed by atoms with Gasteiger partial charge in [-0.05, 0) is 6.92 Å². The van der Waals surface area contributed by atoms with Gasteiger partial charge in [-0.3, -0.25) is 10.2 Å². The third kappa shape index (κ3) is 1.03. The Morgan fingerprint density at radius 3 is 2.90 bits per heavy atom. The van der Waals surface area contributed by atoms with Gasteiger partial charge in [0.05, 0.1) is 0 Å². The molecule has 10 heavy (non-hydrogen) atoms. The average molecular weight is 141 g/mol. The van der Waals surface area contributed by atoms with Gasteiger partial charge in [-0.15, -0.1) is 0 Å². The van der Waals surface area contributed by atoms with E-state index in [-0.39, 0.29) is 5.84 Å². The molecule has 1 rings (SSSR count). The first-order valence-electron chi connectivity index (χ1n) is 2.74. The maximum atomic E-state index is 10.6. The second-order valence-corrected chi connectivity index (χ2v) is 1.97. The van der Waals surface area contributed by atoms with E-state index >= 15 is 0 Å². The van der Waals surface area contributed by atoms with Crippen LogP contribution in [0.25, 0.3) is 0 Å². The molecule has 54 valence electrons. The summed E-state index contributed by atoms with van der Waals surface area (Å²) < 4.78 is 0. The molecule has 0 aromatic rings. The maximum Gasteiger partial charge on any atom is 0.262 e. The molecule has 5 nitrogen and oxygen atoms in total. The monoisotopic (exact) mass is 141 g/mol. The standard InChI is InChI=1S/C5H7N3O2/c1-2-7-4(6)3(9)5(10)8-2/h3,9H,1H3,(H2,6,7,8,10). The molecule has 0 bridgehead atoms. The average Bonchev–Trinajstić information content (AvgIpc) is 1.82. The van der Waals surface area contributed by atoms with Crippen molar-refractivity contribution in [2.75, 3.05) is 0 Å². The summed E-state index contributed by atoms with van der Waals surface area (Å²) in [5.74, 6) is -0.543. The molecule has 0 aromatic heterocycles. The van der Waals surface area contributed by atoms with Crippen LogP contribution in [0.3, 0.4) is 0 Å². The van der Waals surface area contributed by atoms with Crippen LogP contribution in [-0.2, 0) is 4.79 Å². The van der Waals surface area contributed by atoms with Crippen molar-refractivity contribution in [3.8, 4) is 0 Å². The fourth-order valence-electron chi connectivity index (χ4n) is 0.641. The molecule has 0 spiro atoms. The summed E-state index contributed by atoms with van der Waals surface area (Å²) in [7, 11) is 0. The number of nitrogens with one attached hydrogen (secondary N) is 2. The molecule has 3 N–H and O–H groups in total. The van der Waals surface area contributed by atoms with Crippen LogP contribution in [0.15, 0.2) is 4.99 Å². The normalized spacial score (nSPS) is 25.8. The summed E-state index contributed by atoms with van der Waals surface area (Å²) in [5.41, 5.74) is 0. The highest BCUT2D eigenvalue weighted by Gasteiger charge is 2.24. The second-order valence-electron chi connectivity index (χ2n) is 1.97. The van der Waals surface area contributed by atoms with E-state index in [1.165, 1.54) is 0 Å². The SMILES string of the molecule is CC1=NC(=N)C(O)C(=O)N1. The van der Waals surface area contributed by atoms with Gasteiger partial charge in [0.2, 0.25) is 0 Å². The molecule has 0 fully saturated rings. The highest BCUT2D eigenvalue weighted by Crippen LogP contribution is 1.95. The van der Waals surface area contributed by atoms with Gasteiger partial charge in [-0.25, -0.2) is 4.99 Å². The summed E-state index contributed by atoms with van der Waals surface area (Å²) in [6.07, 6.45) is -1.40. The van der Waals surface area contributed by atoms with Crippen molar-refractivity contribution < 1.29 is 9.90 Å². The van der Waals surface area contributed by atoms with E-state index in [9.17, 15) is 4.79 Å². The zero-order valence-electron chi connectivity index (χ0n) is 5.38. The van der Waals surface area contributed by atoms with E-state index in [0.29, 0.717) is 5.84 Å². The smallest absolute Gasteiger partial charge is 0.262 e. The van der Waals surface area contributed by atoms with Crippen LogP contribution < -0.4 is 5.32 Å². The number of nitrogens with zero attached hydrogens (tertiary/aromatic N) is 1. The van der Waals surface area contributed by atoms with E-state index in [1.807, 2.05) is 0 Å². The second kappa shape index (κ2) is 2.18. The lowest BCUT2D eigenvalue weighted by Gasteiger charge is -2.14. The Balaban J connectivity index is 2.89. The van der Waals surface area contributed by atoms with E-state index < -0.39 is 12.0 Å². The zero-order valence-corrected chi connectivity index (χ0v) is 5.38. The first-order valence-corrected chi connectivity index (χ1v) is 2.74. The molecule has 0 aromatic carbocycles. The van der Waals surface area contributed by atoms with Crippen molar-refractivity contribution in [1.29, 1.82) is 5.41 Å². The lowest BCUT2D eigenvalue weighted by molar-refractivity contribution is -0.125. The molecule has 0 radical (unpaired) electrons. The Morgan fingerprint density at radius 1 is 1.80 bits per heavy atom. The Labute approximate surface area is 57.3 Å². The number of aliphatic hydroxyl groups is 1. The highest BCUT2D eigenvalue weighted by atomic mass is 16.3. The number of aliphatic hydroxyl groups excluding tert-OH is 1. The predicted octanol–water partition coefficient (Wildman–Crippen LogP) is -1.13. The zero-order chi connectivity index (χ0) is 7.72. The van der Waals surface area contributed by atoms with E-state index in [2.05, 4.69) is 10.3 Å². The van der Waals surface area contributed by atoms with Gasteiger partial charge in [0.25, 0.3) is 5.91 Å². The number of rotatable bonds is 0. The highest BCUT2D eigenvalue weighted by molar-refractivity contribution is 6.17. The molecule has 0 aliphatic carbocycles. The summed E-state index contributed by atoms with van der Waals surface area (Å²) in [6.45, 7) is 1.55. The minimum Gasteiger partial charge on any atom is -0.376 e. The maximum absolute atomic E-state index is 10.6. The minimum absolute atomic E-state index is 0.304. The van der Waals surface area contributed by atoms with E-state index in [4.69, 9.17) is 10.5 Å². The lowest BCUT2D eigenvalue weighted by atomic mass is 10.2. The summed E-state index contributed by atoms with van der Waals surface area (Å²) in [4.78, 5) is 14.2. The van der Waals surface area contributed by atoms with E-state index in [1.54, 1.807) is 6.92 Å². The topological polar surface area (TPSA) is 85.5 Å². The largest absolute Gasteiger partial charge is 0.376 e. The molecule has 0 saturated carbocycles. The number of aliphatic imine (C=N–C) groups is 1. The lowest BCUT2D eigenvalue weighted by Crippen LogP contribution is -2.46. The first kappa shape index (κ1) is 6.88. The number of carbonyl (C=O) groups is 1. The van der Waals surface area contributed by atoms with E-state index in [0.717, 1.165) is 0 Å². The molecule has 1 unspecified atom stereocenters. The molecule has 1 aliphatic heterocycles. The van der Waals surface area contributed by atoms with Gasteiger partial charge >= 0.3 is 0 Å². The summed E-state index contributed by atoms with van der Waals surface area (Å²) >= 11 is 0. The quantitative estimate of drug-likeness (QED) is 0.399. The van der Waals surface area contributed by atoms with Gasteiger partial charge in [0.15, 0.2) is 11.9 Å². The van der Waals surface area contributed by atoms with Crippen LogP contribution >= 0.6 is 0 Å². The fraction of sp³-hybridized carbons (Fsp3) is 0.400.